The number of nitrogens with zero attached hydrogens (tertiary/aromatic N) is 6. The van der Waals surface area contributed by atoms with E-state index in [4.69, 9.17) is 34.4 Å². The molecule has 0 unspecified atom stereocenters. The van der Waals surface area contributed by atoms with Gasteiger partial charge < -0.3 is 74.0 Å². The Labute approximate surface area is 259 Å². The summed E-state index contributed by atoms with van der Waals surface area (Å²) in [5, 5.41) is 40.8. The van der Waals surface area contributed by atoms with Crippen LogP contribution in [0.25, 0.3) is 0 Å². The van der Waals surface area contributed by atoms with Crippen molar-refractivity contribution in [2.45, 2.75) is 0 Å². The summed E-state index contributed by atoms with van der Waals surface area (Å²) in [6.45, 7) is 0. The fourth-order valence-corrected chi connectivity index (χ4v) is 2.24. The van der Waals surface area contributed by atoms with Gasteiger partial charge in [-0.1, -0.05) is 32.1 Å². The number of aromatic carboxylic acids is 4. The molecule has 0 radical (unpaired) electrons. The standard InChI is InChI=1S/2C7H5NO4.2C3H6N6.Cd/c2*9-6(10)4-2-1-3-5(8-4)7(11)12;2*4-1-7-2(5)9-3(6)8-1;/h2*1-3H,(H,9,10)(H,11,12);2*(H6,4,5,6,7,8,9);/q;;;;+2/p-2. The fraction of sp³-hybridized carbons (Fsp3) is 0. The van der Waals surface area contributed by atoms with Crippen LogP contribution in [0.1, 0.15) is 42.0 Å². The van der Waals surface area contributed by atoms with E-state index in [1.165, 1.54) is 12.1 Å². The van der Waals surface area contributed by atoms with Crippen LogP contribution in [0.2, 0.25) is 0 Å². The van der Waals surface area contributed by atoms with Crippen molar-refractivity contribution in [3.8, 4) is 0 Å². The number of hydrogen-bond donors (Lipinski definition) is 6. The molecule has 4 aromatic rings. The van der Waals surface area contributed by atoms with Gasteiger partial charge in [0.25, 0.3) is 0 Å². The van der Waals surface area contributed by atoms with Crippen molar-refractivity contribution in [2.24, 2.45) is 0 Å². The van der Waals surface area contributed by atoms with Crippen molar-refractivity contribution in [3.05, 3.63) is 59.2 Å². The molecule has 43 heavy (non-hydrogen) atoms. The van der Waals surface area contributed by atoms with Gasteiger partial charge in [0.1, 0.15) is 0 Å². The molecule has 0 aliphatic heterocycles. The van der Waals surface area contributed by atoms with Gasteiger partial charge in [-0.3, -0.25) is 0 Å². The molecule has 4 aromatic heterocycles. The maximum atomic E-state index is 10.2. The number of nitrogens with two attached hydrogens (primary N) is 6. The number of carbonyl (C=O) groups is 4. The Morgan fingerprint density at radius 2 is 0.674 bits per heavy atom. The zero-order chi connectivity index (χ0) is 32.0. The summed E-state index contributed by atoms with van der Waals surface area (Å²) in [5.41, 5.74) is 29.4. The maximum Gasteiger partial charge on any atom is 2.00 e. The second kappa shape index (κ2) is 17.6. The first-order chi connectivity index (χ1) is 19.6. The largest absolute Gasteiger partial charge is 2.00 e. The predicted octanol–water partition coefficient (Wildman–Crippen LogP) is -8.31. The summed E-state index contributed by atoms with van der Waals surface area (Å²) in [4.78, 5) is 66.4. The fourth-order valence-electron chi connectivity index (χ4n) is 2.24. The number of anilines is 6. The zero-order valence-electron chi connectivity index (χ0n) is 21.6. The number of nitrogens with one attached hydrogen (secondary N) is 2. The van der Waals surface area contributed by atoms with Crippen molar-refractivity contribution in [2.75, 3.05) is 34.4 Å². The predicted molar refractivity (Wildman–Crippen MR) is 129 cm³/mol. The molecule has 0 aliphatic rings. The Hall–Kier alpha value is -6.08. The number of pyridine rings is 2. The molecule has 22 nitrogen and oxygen atoms in total. The van der Waals surface area contributed by atoms with Gasteiger partial charge in [0.2, 0.25) is 0 Å². The SMILES string of the molecule is Nc1nc(N)[nH+]c(N)n1.Nc1nc(N)[nH+]c(N)n1.O=C([O-])c1cccc(C(=O)[O-])n1.O=C([O-])c1cccc(C(=O)[O-])n1.[Cd+2]. The van der Waals surface area contributed by atoms with Crippen LogP contribution in [0.3, 0.4) is 0 Å². The average molecular weight is 697 g/mol. The second-order valence-electron chi connectivity index (χ2n) is 6.92. The van der Waals surface area contributed by atoms with Gasteiger partial charge in [-0.25, -0.2) is 19.9 Å². The summed E-state index contributed by atoms with van der Waals surface area (Å²) in [5.74, 6) is -5.25. The Bertz CT molecular complexity index is 1320. The van der Waals surface area contributed by atoms with E-state index in [-0.39, 0.29) is 63.0 Å². The Morgan fingerprint density at radius 1 is 0.465 bits per heavy atom. The topological polar surface area (TPSA) is 422 Å². The first kappa shape index (κ1) is 36.9. The molecule has 0 atom stereocenters. The minimum Gasteiger partial charge on any atom is -0.543 e. The minimum atomic E-state index is -1.52. The number of hydrogen-bond acceptors (Lipinski definition) is 20. The number of aromatic nitrogens is 8. The van der Waals surface area contributed by atoms with Gasteiger partial charge in [0.05, 0.1) is 46.7 Å². The van der Waals surface area contributed by atoms with Crippen LogP contribution in [0.15, 0.2) is 36.4 Å². The van der Waals surface area contributed by atoms with E-state index in [0.29, 0.717) is 0 Å². The van der Waals surface area contributed by atoms with Crippen molar-refractivity contribution < 1.29 is 76.9 Å². The number of carboxylic acid groups (broad SMARTS) is 4. The van der Waals surface area contributed by atoms with E-state index in [2.05, 4.69) is 39.9 Å². The van der Waals surface area contributed by atoms with Gasteiger partial charge >= 0.3 is 63.0 Å². The van der Waals surface area contributed by atoms with Crippen LogP contribution in [0.5, 0.6) is 0 Å². The Morgan fingerprint density at radius 3 is 0.837 bits per heavy atom. The van der Waals surface area contributed by atoms with Crippen LogP contribution in [0, 0.1) is 0 Å². The van der Waals surface area contributed by atoms with Gasteiger partial charge in [-0.15, -0.1) is 0 Å². The molecule has 0 aliphatic carbocycles. The summed E-state index contributed by atoms with van der Waals surface area (Å²) >= 11 is 0. The first-order valence-electron chi connectivity index (χ1n) is 10.5. The van der Waals surface area contributed by atoms with Crippen LogP contribution in [0.4, 0.5) is 35.7 Å². The molecule has 4 heterocycles. The summed E-state index contributed by atoms with van der Waals surface area (Å²) in [7, 11) is 0. The third kappa shape index (κ3) is 14.2. The van der Waals surface area contributed by atoms with Crippen LogP contribution >= 0.6 is 0 Å². The number of rotatable bonds is 4. The van der Waals surface area contributed by atoms with Gasteiger partial charge in [0, 0.05) is 0 Å². The van der Waals surface area contributed by atoms with E-state index in [9.17, 15) is 39.6 Å². The van der Waals surface area contributed by atoms with Crippen molar-refractivity contribution >= 4 is 59.6 Å². The van der Waals surface area contributed by atoms with E-state index >= 15 is 0 Å². The number of nitrogen functional groups attached to an aromatic ring is 6. The average Bonchev–Trinajstić information content (AvgIpc) is 2.88. The van der Waals surface area contributed by atoms with Crippen molar-refractivity contribution in [1.82, 2.24) is 29.9 Å². The van der Waals surface area contributed by atoms with Crippen LogP contribution in [-0.4, -0.2) is 53.8 Å². The number of carbonyl (C=O) groups excluding carboxylic acids is 4. The Kier molecular flexibility index (Phi) is 15.1. The van der Waals surface area contributed by atoms with E-state index < -0.39 is 46.7 Å². The molecular weight excluding hydrogens is 677 g/mol. The molecule has 23 heteroatoms. The summed E-state index contributed by atoms with van der Waals surface area (Å²) in [6, 6.07) is 7.07. The monoisotopic (exact) mass is 698 g/mol. The van der Waals surface area contributed by atoms with Crippen molar-refractivity contribution in [1.29, 1.82) is 0 Å². The number of aromatic amines is 2. The normalized spacial score (nSPS) is 9.12. The first-order valence-corrected chi connectivity index (χ1v) is 10.5. The molecule has 0 saturated carbocycles. The molecule has 4 rings (SSSR count). The number of carboxylic acids is 4. The quantitative estimate of drug-likeness (QED) is 0.108. The van der Waals surface area contributed by atoms with Gasteiger partial charge in [-0.2, -0.15) is 0 Å². The third-order valence-corrected chi connectivity index (χ3v) is 3.79. The number of H-pyrrole nitrogens is 2. The smallest absolute Gasteiger partial charge is 0.543 e. The molecule has 14 N–H and O–H groups in total. The third-order valence-electron chi connectivity index (χ3n) is 3.79. The molecule has 0 bridgehead atoms. The molecule has 0 aromatic carbocycles. The second-order valence-corrected chi connectivity index (χ2v) is 6.92. The van der Waals surface area contributed by atoms with Gasteiger partial charge in [-0.05, 0) is 24.3 Å². The Balaban J connectivity index is 0.000000548. The molecule has 0 spiro atoms. The zero-order valence-corrected chi connectivity index (χ0v) is 25.6. The van der Waals surface area contributed by atoms with E-state index in [0.717, 1.165) is 24.3 Å². The van der Waals surface area contributed by atoms with Crippen molar-refractivity contribution in [3.63, 3.8) is 0 Å². The molecule has 0 amide bonds. The maximum absolute atomic E-state index is 10.2. The molecule has 0 saturated heterocycles. The van der Waals surface area contributed by atoms with E-state index in [1.54, 1.807) is 0 Å². The summed E-state index contributed by atoms with van der Waals surface area (Å²) in [6.07, 6.45) is 0. The van der Waals surface area contributed by atoms with Gasteiger partial charge in [0.15, 0.2) is 0 Å². The molecular formula is C20H20CdN14O8. The van der Waals surface area contributed by atoms with E-state index in [1.807, 2.05) is 0 Å². The minimum absolute atomic E-state index is 0. The molecule has 220 valence electrons. The summed E-state index contributed by atoms with van der Waals surface area (Å²) < 4.78 is 0. The van der Waals surface area contributed by atoms with Crippen LogP contribution < -0.4 is 64.8 Å². The van der Waals surface area contributed by atoms with Crippen LogP contribution in [-0.2, 0) is 27.3 Å². The molecule has 0 fully saturated rings.